The number of aliphatic hydroxyl groups is 1. The van der Waals surface area contributed by atoms with E-state index in [1.165, 1.54) is 0 Å². The maximum atomic E-state index is 8.80. The van der Waals surface area contributed by atoms with Gasteiger partial charge in [0.25, 0.3) is 0 Å². The average Bonchev–Trinajstić information content (AvgIpc) is 2.77. The second-order valence-electron chi connectivity index (χ2n) is 2.79. The number of rotatable bonds is 2. The van der Waals surface area contributed by atoms with E-state index in [1.807, 2.05) is 0 Å². The van der Waals surface area contributed by atoms with Gasteiger partial charge in [0.1, 0.15) is 5.15 Å². The van der Waals surface area contributed by atoms with Crippen LogP contribution in [0.1, 0.15) is 24.4 Å². The minimum atomic E-state index is -0.0223. The van der Waals surface area contributed by atoms with Gasteiger partial charge >= 0.3 is 0 Å². The van der Waals surface area contributed by atoms with Gasteiger partial charge in [-0.25, -0.2) is 0 Å². The highest BCUT2D eigenvalue weighted by atomic mass is 35.5. The van der Waals surface area contributed by atoms with Gasteiger partial charge in [-0.15, -0.1) is 0 Å². The van der Waals surface area contributed by atoms with E-state index in [9.17, 15) is 0 Å². The van der Waals surface area contributed by atoms with Crippen LogP contribution in [0.5, 0.6) is 0 Å². The van der Waals surface area contributed by atoms with Crippen LogP contribution in [0.25, 0.3) is 0 Å². The highest BCUT2D eigenvalue weighted by Crippen LogP contribution is 2.37. The van der Waals surface area contributed by atoms with Crippen molar-refractivity contribution in [2.75, 3.05) is 0 Å². The van der Waals surface area contributed by atoms with Crippen molar-refractivity contribution in [2.24, 2.45) is 0 Å². The molecule has 2 rings (SSSR count). The SMILES string of the molecule is OCc1cnn(C2CC2)c1Cl. The Hall–Kier alpha value is -0.540. The summed E-state index contributed by atoms with van der Waals surface area (Å²) in [6.45, 7) is -0.0223. The van der Waals surface area contributed by atoms with Crippen molar-refractivity contribution in [3.63, 3.8) is 0 Å². The molecule has 0 amide bonds. The molecule has 1 fully saturated rings. The number of aliphatic hydroxyl groups excluding tert-OH is 1. The van der Waals surface area contributed by atoms with Gasteiger partial charge in [-0.2, -0.15) is 5.10 Å². The van der Waals surface area contributed by atoms with Crippen molar-refractivity contribution in [2.45, 2.75) is 25.5 Å². The van der Waals surface area contributed by atoms with Gasteiger partial charge in [-0.3, -0.25) is 4.68 Å². The molecule has 0 radical (unpaired) electrons. The van der Waals surface area contributed by atoms with Gasteiger partial charge in [-0.1, -0.05) is 11.6 Å². The number of hydrogen-bond acceptors (Lipinski definition) is 2. The fourth-order valence-electron chi connectivity index (χ4n) is 1.06. The molecule has 1 aliphatic rings. The zero-order valence-electron chi connectivity index (χ0n) is 6.00. The molecule has 0 spiro atoms. The predicted molar refractivity (Wildman–Crippen MR) is 41.4 cm³/mol. The first-order valence-corrected chi connectivity index (χ1v) is 4.03. The quantitative estimate of drug-likeness (QED) is 0.732. The van der Waals surface area contributed by atoms with E-state index in [-0.39, 0.29) is 6.61 Å². The molecule has 4 heteroatoms. The van der Waals surface area contributed by atoms with Gasteiger partial charge in [0.15, 0.2) is 0 Å². The lowest BCUT2D eigenvalue weighted by molar-refractivity contribution is 0.282. The molecule has 0 aliphatic heterocycles. The van der Waals surface area contributed by atoms with Crippen molar-refractivity contribution in [1.29, 1.82) is 0 Å². The lowest BCUT2D eigenvalue weighted by Gasteiger charge is -1.98. The minimum Gasteiger partial charge on any atom is -0.392 e. The van der Waals surface area contributed by atoms with Crippen LogP contribution in [-0.2, 0) is 6.61 Å². The van der Waals surface area contributed by atoms with Crippen molar-refractivity contribution in [1.82, 2.24) is 9.78 Å². The average molecular weight is 173 g/mol. The summed E-state index contributed by atoms with van der Waals surface area (Å²) in [6.07, 6.45) is 3.94. The molecule has 0 unspecified atom stereocenters. The Labute approximate surface area is 69.6 Å². The zero-order valence-corrected chi connectivity index (χ0v) is 6.75. The van der Waals surface area contributed by atoms with E-state index in [0.29, 0.717) is 11.2 Å². The van der Waals surface area contributed by atoms with Gasteiger partial charge in [-0.05, 0) is 12.8 Å². The molecule has 0 aromatic carbocycles. The molecule has 1 aromatic rings. The van der Waals surface area contributed by atoms with Crippen molar-refractivity contribution < 1.29 is 5.11 Å². The van der Waals surface area contributed by atoms with Crippen LogP contribution in [0.4, 0.5) is 0 Å². The number of nitrogens with zero attached hydrogens (tertiary/aromatic N) is 2. The second-order valence-corrected chi connectivity index (χ2v) is 3.15. The molecular weight excluding hydrogens is 164 g/mol. The Bertz CT molecular complexity index is 267. The first kappa shape index (κ1) is 7.13. The standard InChI is InChI=1S/C7H9ClN2O/c8-7-5(4-11)3-9-10(7)6-1-2-6/h3,6,11H,1-2,4H2. The zero-order chi connectivity index (χ0) is 7.84. The fourth-order valence-corrected chi connectivity index (χ4v) is 1.35. The molecule has 1 aliphatic carbocycles. The van der Waals surface area contributed by atoms with Crippen molar-refractivity contribution in [3.05, 3.63) is 16.9 Å². The van der Waals surface area contributed by atoms with E-state index < -0.39 is 0 Å². The molecule has 60 valence electrons. The normalized spacial score (nSPS) is 17.3. The first-order chi connectivity index (χ1) is 5.33. The Morgan fingerprint density at radius 1 is 1.73 bits per heavy atom. The topological polar surface area (TPSA) is 38.1 Å². The fraction of sp³-hybridized carbons (Fsp3) is 0.571. The lowest BCUT2D eigenvalue weighted by atomic mass is 10.4. The van der Waals surface area contributed by atoms with Crippen molar-refractivity contribution in [3.8, 4) is 0 Å². The third-order valence-corrected chi connectivity index (χ3v) is 2.28. The summed E-state index contributed by atoms with van der Waals surface area (Å²) in [5, 5.41) is 13.5. The Morgan fingerprint density at radius 2 is 2.45 bits per heavy atom. The van der Waals surface area contributed by atoms with E-state index in [2.05, 4.69) is 5.10 Å². The number of aromatic nitrogens is 2. The monoisotopic (exact) mass is 172 g/mol. The van der Waals surface area contributed by atoms with Crippen LogP contribution >= 0.6 is 11.6 Å². The maximum Gasteiger partial charge on any atom is 0.132 e. The number of hydrogen-bond donors (Lipinski definition) is 1. The first-order valence-electron chi connectivity index (χ1n) is 3.65. The van der Waals surface area contributed by atoms with E-state index in [1.54, 1.807) is 10.9 Å². The molecule has 1 aromatic heterocycles. The molecule has 0 atom stereocenters. The molecule has 1 saturated carbocycles. The summed E-state index contributed by atoms with van der Waals surface area (Å²) >= 11 is 5.90. The molecule has 11 heavy (non-hydrogen) atoms. The summed E-state index contributed by atoms with van der Waals surface area (Å²) < 4.78 is 1.78. The second kappa shape index (κ2) is 2.50. The van der Waals surface area contributed by atoms with Crippen LogP contribution in [0, 0.1) is 0 Å². The summed E-state index contributed by atoms with van der Waals surface area (Å²) in [5.41, 5.74) is 0.721. The Kier molecular flexibility index (Phi) is 1.62. The highest BCUT2D eigenvalue weighted by molar-refractivity contribution is 6.30. The minimum absolute atomic E-state index is 0.0223. The number of halogens is 1. The van der Waals surface area contributed by atoms with Crippen LogP contribution in [0.3, 0.4) is 0 Å². The molecule has 1 N–H and O–H groups in total. The molecule has 0 bridgehead atoms. The van der Waals surface area contributed by atoms with Crippen LogP contribution in [0.15, 0.2) is 6.20 Å². The van der Waals surface area contributed by atoms with Gasteiger partial charge in [0.2, 0.25) is 0 Å². The summed E-state index contributed by atoms with van der Waals surface area (Å²) in [7, 11) is 0. The maximum absolute atomic E-state index is 8.80. The summed E-state index contributed by atoms with van der Waals surface area (Å²) in [6, 6.07) is 0.489. The van der Waals surface area contributed by atoms with Crippen LogP contribution < -0.4 is 0 Å². The Morgan fingerprint density at radius 3 is 2.91 bits per heavy atom. The van der Waals surface area contributed by atoms with Gasteiger partial charge < -0.3 is 5.11 Å². The Balaban J connectivity index is 2.33. The smallest absolute Gasteiger partial charge is 0.132 e. The molecular formula is C7H9ClN2O. The lowest BCUT2D eigenvalue weighted by Crippen LogP contribution is -1.95. The third kappa shape index (κ3) is 1.14. The molecule has 0 saturated heterocycles. The van der Waals surface area contributed by atoms with Crippen LogP contribution in [0.2, 0.25) is 5.15 Å². The van der Waals surface area contributed by atoms with Gasteiger partial charge in [0.05, 0.1) is 18.8 Å². The highest BCUT2D eigenvalue weighted by Gasteiger charge is 2.26. The summed E-state index contributed by atoms with van der Waals surface area (Å²) in [4.78, 5) is 0. The van der Waals surface area contributed by atoms with E-state index in [4.69, 9.17) is 16.7 Å². The van der Waals surface area contributed by atoms with Crippen LogP contribution in [-0.4, -0.2) is 14.9 Å². The van der Waals surface area contributed by atoms with Gasteiger partial charge in [0, 0.05) is 5.56 Å². The largest absolute Gasteiger partial charge is 0.392 e. The third-order valence-electron chi connectivity index (χ3n) is 1.87. The molecule has 1 heterocycles. The van der Waals surface area contributed by atoms with Crippen molar-refractivity contribution >= 4 is 11.6 Å². The van der Waals surface area contributed by atoms with E-state index >= 15 is 0 Å². The molecule has 3 nitrogen and oxygen atoms in total. The summed E-state index contributed by atoms with van der Waals surface area (Å²) in [5.74, 6) is 0. The predicted octanol–water partition coefficient (Wildman–Crippen LogP) is 1.36. The van der Waals surface area contributed by atoms with E-state index in [0.717, 1.165) is 18.4 Å².